The van der Waals surface area contributed by atoms with E-state index in [9.17, 15) is 13.6 Å². The molecule has 0 aliphatic carbocycles. The number of piperidine rings is 1. The molecule has 0 spiro atoms. The average molecular weight is 522 g/mol. The number of benzene rings is 1. The van der Waals surface area contributed by atoms with E-state index < -0.39 is 6.43 Å². The SMILES string of the molecule is CC(=O)N1CCC(Cc2ccc3nc(-n4c(C(F)F)nc5ccccc54)nc(N4CCOCC4)c3n2)CC1. The van der Waals surface area contributed by atoms with Gasteiger partial charge in [-0.05, 0) is 49.4 Å². The van der Waals surface area contributed by atoms with E-state index in [-0.39, 0.29) is 17.7 Å². The van der Waals surface area contributed by atoms with Crippen molar-refractivity contribution < 1.29 is 18.3 Å². The number of morpholine rings is 1. The fourth-order valence-corrected chi connectivity index (χ4v) is 5.39. The van der Waals surface area contributed by atoms with Gasteiger partial charge in [-0.3, -0.25) is 9.36 Å². The molecule has 1 aromatic carbocycles. The lowest BCUT2D eigenvalue weighted by molar-refractivity contribution is -0.130. The number of amides is 1. The number of aromatic nitrogens is 5. The van der Waals surface area contributed by atoms with Gasteiger partial charge in [0, 0.05) is 38.8 Å². The number of ether oxygens (including phenoxy) is 1. The van der Waals surface area contributed by atoms with Crippen LogP contribution in [-0.2, 0) is 16.0 Å². The minimum absolute atomic E-state index is 0.121. The molecule has 5 heterocycles. The third-order valence-electron chi connectivity index (χ3n) is 7.42. The highest BCUT2D eigenvalue weighted by Gasteiger charge is 2.26. The van der Waals surface area contributed by atoms with Gasteiger partial charge in [-0.25, -0.2) is 23.7 Å². The van der Waals surface area contributed by atoms with Crippen LogP contribution in [0.1, 0.15) is 37.7 Å². The summed E-state index contributed by atoms with van der Waals surface area (Å²) in [5.74, 6) is 0.929. The molecule has 11 heteroatoms. The van der Waals surface area contributed by atoms with Crippen molar-refractivity contribution >= 4 is 33.8 Å². The average Bonchev–Trinajstić information content (AvgIpc) is 3.33. The van der Waals surface area contributed by atoms with E-state index in [4.69, 9.17) is 19.7 Å². The van der Waals surface area contributed by atoms with Crippen LogP contribution in [0.5, 0.6) is 0 Å². The van der Waals surface area contributed by atoms with Gasteiger partial charge >= 0.3 is 0 Å². The summed E-state index contributed by atoms with van der Waals surface area (Å²) in [6.07, 6.45) is -0.110. The standard InChI is InChI=1S/C27H29F2N7O2/c1-17(37)34-10-8-18(9-11-34)16-19-6-7-21-23(30-19)25(35-12-14-38-15-13-35)33-27(32-21)36-22-5-3-2-4-20(22)31-26(36)24(28)29/h2-7,18,24H,8-16H2,1H3. The number of para-hydroxylation sites is 2. The highest BCUT2D eigenvalue weighted by molar-refractivity contribution is 5.87. The maximum atomic E-state index is 14.1. The summed E-state index contributed by atoms with van der Waals surface area (Å²) in [6, 6.07) is 10.9. The number of carbonyl (C=O) groups is 1. The minimum Gasteiger partial charge on any atom is -0.378 e. The summed E-state index contributed by atoms with van der Waals surface area (Å²) in [5, 5.41) is 0. The van der Waals surface area contributed by atoms with Crippen LogP contribution in [-0.4, -0.2) is 74.7 Å². The van der Waals surface area contributed by atoms with Gasteiger partial charge in [0.15, 0.2) is 11.6 Å². The first-order chi connectivity index (χ1) is 18.5. The zero-order valence-corrected chi connectivity index (χ0v) is 21.2. The fraction of sp³-hybridized carbons (Fsp3) is 0.444. The molecular weight excluding hydrogens is 492 g/mol. The third-order valence-corrected chi connectivity index (χ3v) is 7.42. The fourth-order valence-electron chi connectivity index (χ4n) is 5.39. The predicted octanol–water partition coefficient (Wildman–Crippen LogP) is 3.94. The number of likely N-dealkylation sites (tertiary alicyclic amines) is 1. The lowest BCUT2D eigenvalue weighted by atomic mass is 9.92. The number of fused-ring (bicyclic) bond motifs is 2. The van der Waals surface area contributed by atoms with Crippen LogP contribution < -0.4 is 4.90 Å². The Bertz CT molecular complexity index is 1480. The summed E-state index contributed by atoms with van der Waals surface area (Å²) in [6.45, 7) is 5.48. The Morgan fingerprint density at radius 1 is 0.974 bits per heavy atom. The minimum atomic E-state index is -2.79. The summed E-state index contributed by atoms with van der Waals surface area (Å²) < 4.78 is 35.0. The first kappa shape index (κ1) is 24.6. The molecule has 0 N–H and O–H groups in total. The maximum Gasteiger partial charge on any atom is 0.296 e. The maximum absolute atomic E-state index is 14.1. The lowest BCUT2D eigenvalue weighted by Crippen LogP contribution is -2.37. The second-order valence-electron chi connectivity index (χ2n) is 9.87. The molecule has 0 unspecified atom stereocenters. The van der Waals surface area contributed by atoms with E-state index in [2.05, 4.69) is 9.88 Å². The van der Waals surface area contributed by atoms with Gasteiger partial charge in [0.05, 0.1) is 29.8 Å². The smallest absolute Gasteiger partial charge is 0.296 e. The summed E-state index contributed by atoms with van der Waals surface area (Å²) in [5.41, 5.74) is 3.16. The molecule has 1 amide bonds. The zero-order valence-electron chi connectivity index (χ0n) is 21.2. The van der Waals surface area contributed by atoms with Crippen molar-refractivity contribution in [2.45, 2.75) is 32.6 Å². The molecule has 0 saturated carbocycles. The second-order valence-corrected chi connectivity index (χ2v) is 9.87. The Balaban J connectivity index is 1.42. The van der Waals surface area contributed by atoms with Crippen molar-refractivity contribution in [2.24, 2.45) is 5.92 Å². The molecule has 0 radical (unpaired) electrons. The molecule has 3 aromatic heterocycles. The number of imidazole rings is 1. The predicted molar refractivity (Wildman–Crippen MR) is 139 cm³/mol. The highest BCUT2D eigenvalue weighted by atomic mass is 19.3. The molecule has 2 fully saturated rings. The lowest BCUT2D eigenvalue weighted by Gasteiger charge is -2.31. The molecule has 198 valence electrons. The van der Waals surface area contributed by atoms with Gasteiger partial charge in [-0.1, -0.05) is 12.1 Å². The number of nitrogens with zero attached hydrogens (tertiary/aromatic N) is 7. The monoisotopic (exact) mass is 521 g/mol. The highest BCUT2D eigenvalue weighted by Crippen LogP contribution is 2.31. The number of alkyl halides is 2. The Hall–Kier alpha value is -3.73. The summed E-state index contributed by atoms with van der Waals surface area (Å²) in [7, 11) is 0. The van der Waals surface area contributed by atoms with Gasteiger partial charge in [-0.2, -0.15) is 4.98 Å². The Morgan fingerprint density at radius 3 is 2.47 bits per heavy atom. The van der Waals surface area contributed by atoms with Crippen molar-refractivity contribution in [3.8, 4) is 5.95 Å². The van der Waals surface area contributed by atoms with E-state index in [1.54, 1.807) is 31.2 Å². The van der Waals surface area contributed by atoms with E-state index in [0.717, 1.165) is 38.0 Å². The molecular formula is C27H29F2N7O2. The topological polar surface area (TPSA) is 89.3 Å². The van der Waals surface area contributed by atoms with Crippen LogP contribution >= 0.6 is 0 Å². The second kappa shape index (κ2) is 10.2. The summed E-state index contributed by atoms with van der Waals surface area (Å²) in [4.78, 5) is 34.3. The van der Waals surface area contributed by atoms with Crippen LogP contribution in [0.25, 0.3) is 28.0 Å². The first-order valence-electron chi connectivity index (χ1n) is 13.0. The molecule has 9 nitrogen and oxygen atoms in total. The van der Waals surface area contributed by atoms with Gasteiger partial charge in [0.25, 0.3) is 6.43 Å². The molecule has 38 heavy (non-hydrogen) atoms. The van der Waals surface area contributed by atoms with Crippen molar-refractivity contribution in [2.75, 3.05) is 44.3 Å². The third kappa shape index (κ3) is 4.66. The molecule has 4 aromatic rings. The Kier molecular flexibility index (Phi) is 6.61. The summed E-state index contributed by atoms with van der Waals surface area (Å²) >= 11 is 0. The van der Waals surface area contributed by atoms with E-state index >= 15 is 0 Å². The first-order valence-corrected chi connectivity index (χ1v) is 13.0. The number of pyridine rings is 1. The normalized spacial score (nSPS) is 17.2. The molecule has 6 rings (SSSR count). The van der Waals surface area contributed by atoms with Gasteiger partial charge in [0.1, 0.15) is 5.52 Å². The van der Waals surface area contributed by atoms with Crippen molar-refractivity contribution in [1.82, 2.24) is 29.4 Å². The molecule has 0 bridgehead atoms. The van der Waals surface area contributed by atoms with Crippen LogP contribution in [0.15, 0.2) is 36.4 Å². The van der Waals surface area contributed by atoms with Gasteiger partial charge in [0.2, 0.25) is 11.9 Å². The number of hydrogen-bond acceptors (Lipinski definition) is 7. The van der Waals surface area contributed by atoms with Crippen LogP contribution in [0.2, 0.25) is 0 Å². The van der Waals surface area contributed by atoms with E-state index in [1.165, 1.54) is 4.57 Å². The largest absolute Gasteiger partial charge is 0.378 e. The molecule has 0 atom stereocenters. The number of carbonyl (C=O) groups excluding carboxylic acids is 1. The van der Waals surface area contributed by atoms with E-state index in [1.807, 2.05) is 17.0 Å². The van der Waals surface area contributed by atoms with Crippen molar-refractivity contribution in [3.63, 3.8) is 0 Å². The quantitative estimate of drug-likeness (QED) is 0.393. The van der Waals surface area contributed by atoms with Gasteiger partial charge < -0.3 is 14.5 Å². The Morgan fingerprint density at radius 2 is 1.74 bits per heavy atom. The number of hydrogen-bond donors (Lipinski definition) is 0. The number of halogens is 2. The van der Waals surface area contributed by atoms with E-state index in [0.29, 0.717) is 60.1 Å². The number of anilines is 1. The van der Waals surface area contributed by atoms with Crippen LogP contribution in [0.4, 0.5) is 14.6 Å². The van der Waals surface area contributed by atoms with Gasteiger partial charge in [-0.15, -0.1) is 0 Å². The van der Waals surface area contributed by atoms with Crippen molar-refractivity contribution in [3.05, 3.63) is 47.9 Å². The molecule has 2 saturated heterocycles. The number of rotatable bonds is 5. The molecule has 2 aliphatic rings. The van der Waals surface area contributed by atoms with Crippen LogP contribution in [0, 0.1) is 5.92 Å². The van der Waals surface area contributed by atoms with Crippen LogP contribution in [0.3, 0.4) is 0 Å². The molecule has 2 aliphatic heterocycles. The zero-order chi connectivity index (χ0) is 26.2. The van der Waals surface area contributed by atoms with Crippen molar-refractivity contribution in [1.29, 1.82) is 0 Å². The Labute approximate surface area is 218 Å².